The molecule has 0 saturated carbocycles. The van der Waals surface area contributed by atoms with Crippen molar-refractivity contribution in [2.24, 2.45) is 0 Å². The third-order valence-corrected chi connectivity index (χ3v) is 4.73. The van der Waals surface area contributed by atoms with E-state index in [1.54, 1.807) is 0 Å². The molecule has 0 radical (unpaired) electrons. The van der Waals surface area contributed by atoms with Gasteiger partial charge in [0.15, 0.2) is 0 Å². The summed E-state index contributed by atoms with van der Waals surface area (Å²) in [5.74, 6) is 0.677. The monoisotopic (exact) mass is 303 g/mol. The van der Waals surface area contributed by atoms with Gasteiger partial charge in [-0.15, -0.1) is 0 Å². The van der Waals surface area contributed by atoms with E-state index in [2.05, 4.69) is 37.9 Å². The van der Waals surface area contributed by atoms with Gasteiger partial charge >= 0.3 is 0 Å². The number of hydrogen-bond donors (Lipinski definition) is 0. The van der Waals surface area contributed by atoms with Gasteiger partial charge < -0.3 is 0 Å². The maximum absolute atomic E-state index is 4.65. The first kappa shape index (κ1) is 19.2. The second kappa shape index (κ2) is 12.7. The van der Waals surface area contributed by atoms with Gasteiger partial charge in [0.25, 0.3) is 0 Å². The molecule has 22 heavy (non-hydrogen) atoms. The van der Waals surface area contributed by atoms with Crippen LogP contribution in [0.4, 0.5) is 0 Å². The summed E-state index contributed by atoms with van der Waals surface area (Å²) in [7, 11) is 0. The van der Waals surface area contributed by atoms with Crippen molar-refractivity contribution < 1.29 is 0 Å². The Labute approximate surface area is 138 Å². The second-order valence-electron chi connectivity index (χ2n) is 6.81. The lowest BCUT2D eigenvalue weighted by Gasteiger charge is -2.17. The molecule has 0 fully saturated rings. The SMILES string of the molecule is CCCCCCCCCCCC(CCC)c1ncccc1C. The molecule has 0 saturated heterocycles. The summed E-state index contributed by atoms with van der Waals surface area (Å²) in [6.07, 6.45) is 18.6. The average molecular weight is 304 g/mol. The van der Waals surface area contributed by atoms with Crippen LogP contribution in [0, 0.1) is 6.92 Å². The van der Waals surface area contributed by atoms with E-state index in [1.807, 2.05) is 6.20 Å². The van der Waals surface area contributed by atoms with E-state index in [4.69, 9.17) is 0 Å². The average Bonchev–Trinajstić information content (AvgIpc) is 2.53. The molecule has 0 bridgehead atoms. The maximum atomic E-state index is 4.65. The van der Waals surface area contributed by atoms with Gasteiger partial charge in [0.1, 0.15) is 0 Å². The molecule has 1 unspecified atom stereocenters. The smallest absolute Gasteiger partial charge is 0.0463 e. The number of aryl methyl sites for hydroxylation is 1. The van der Waals surface area contributed by atoms with E-state index >= 15 is 0 Å². The Morgan fingerprint density at radius 3 is 2.05 bits per heavy atom. The first-order valence-electron chi connectivity index (χ1n) is 9.71. The Kier molecular flexibility index (Phi) is 11.1. The predicted octanol–water partition coefficient (Wildman–Crippen LogP) is 7.19. The lowest BCUT2D eigenvalue weighted by atomic mass is 9.90. The molecule has 0 aliphatic heterocycles. The summed E-state index contributed by atoms with van der Waals surface area (Å²) >= 11 is 0. The minimum Gasteiger partial charge on any atom is -0.261 e. The van der Waals surface area contributed by atoms with Crippen LogP contribution in [-0.4, -0.2) is 4.98 Å². The molecule has 0 spiro atoms. The third kappa shape index (κ3) is 7.96. The van der Waals surface area contributed by atoms with E-state index < -0.39 is 0 Å². The number of pyridine rings is 1. The van der Waals surface area contributed by atoms with Crippen molar-refractivity contribution in [2.75, 3.05) is 0 Å². The van der Waals surface area contributed by atoms with E-state index in [1.165, 1.54) is 88.3 Å². The quantitative estimate of drug-likeness (QED) is 0.351. The van der Waals surface area contributed by atoms with Crippen molar-refractivity contribution in [1.82, 2.24) is 4.98 Å². The fraction of sp³-hybridized carbons (Fsp3) is 0.762. The fourth-order valence-electron chi connectivity index (χ4n) is 3.39. The lowest BCUT2D eigenvalue weighted by molar-refractivity contribution is 0.498. The van der Waals surface area contributed by atoms with Crippen LogP contribution < -0.4 is 0 Å². The van der Waals surface area contributed by atoms with Crippen LogP contribution in [0.15, 0.2) is 18.3 Å². The van der Waals surface area contributed by atoms with Gasteiger partial charge in [-0.05, 0) is 31.4 Å². The number of unbranched alkanes of at least 4 members (excludes halogenated alkanes) is 8. The highest BCUT2D eigenvalue weighted by molar-refractivity contribution is 5.21. The van der Waals surface area contributed by atoms with E-state index in [0.29, 0.717) is 5.92 Å². The standard InChI is InChI=1S/C21H37N/c1-4-6-7-8-9-10-11-12-13-17-20(15-5-2)21-19(3)16-14-18-22-21/h14,16,18,20H,4-13,15,17H2,1-3H3. The molecule has 1 heterocycles. The molecule has 1 rings (SSSR count). The first-order chi connectivity index (χ1) is 10.8. The van der Waals surface area contributed by atoms with Gasteiger partial charge in [0.05, 0.1) is 0 Å². The van der Waals surface area contributed by atoms with Gasteiger partial charge in [0, 0.05) is 17.8 Å². The van der Waals surface area contributed by atoms with Crippen LogP contribution in [0.3, 0.4) is 0 Å². The first-order valence-corrected chi connectivity index (χ1v) is 9.71. The minimum absolute atomic E-state index is 0.677. The van der Waals surface area contributed by atoms with E-state index in [-0.39, 0.29) is 0 Å². The Morgan fingerprint density at radius 1 is 0.818 bits per heavy atom. The van der Waals surface area contributed by atoms with Crippen molar-refractivity contribution >= 4 is 0 Å². The molecule has 1 nitrogen and oxygen atoms in total. The normalized spacial score (nSPS) is 12.5. The molecule has 0 aromatic carbocycles. The van der Waals surface area contributed by atoms with Gasteiger partial charge in [-0.25, -0.2) is 0 Å². The molecule has 1 aromatic rings. The molecule has 0 amide bonds. The van der Waals surface area contributed by atoms with Crippen LogP contribution >= 0.6 is 0 Å². The van der Waals surface area contributed by atoms with Crippen LogP contribution in [0.25, 0.3) is 0 Å². The number of aromatic nitrogens is 1. The zero-order valence-electron chi connectivity index (χ0n) is 15.2. The fourth-order valence-corrected chi connectivity index (χ4v) is 3.39. The summed E-state index contributed by atoms with van der Waals surface area (Å²) in [6.45, 7) is 6.79. The Hall–Kier alpha value is -0.850. The zero-order chi connectivity index (χ0) is 16.0. The van der Waals surface area contributed by atoms with Crippen molar-refractivity contribution in [3.63, 3.8) is 0 Å². The van der Waals surface area contributed by atoms with Crippen LogP contribution in [0.2, 0.25) is 0 Å². The summed E-state index contributed by atoms with van der Waals surface area (Å²) in [6, 6.07) is 4.27. The topological polar surface area (TPSA) is 12.9 Å². The van der Waals surface area contributed by atoms with Gasteiger partial charge in [-0.3, -0.25) is 4.98 Å². The zero-order valence-corrected chi connectivity index (χ0v) is 15.2. The highest BCUT2D eigenvalue weighted by atomic mass is 14.7. The van der Waals surface area contributed by atoms with Crippen LogP contribution in [0.5, 0.6) is 0 Å². The van der Waals surface area contributed by atoms with Gasteiger partial charge in [-0.1, -0.05) is 84.1 Å². The number of nitrogens with zero attached hydrogens (tertiary/aromatic N) is 1. The molecule has 126 valence electrons. The molecular weight excluding hydrogens is 266 g/mol. The molecule has 0 aliphatic rings. The van der Waals surface area contributed by atoms with Crippen molar-refractivity contribution in [2.45, 2.75) is 104 Å². The Bertz CT molecular complexity index is 372. The molecule has 1 aromatic heterocycles. The second-order valence-corrected chi connectivity index (χ2v) is 6.81. The van der Waals surface area contributed by atoms with Crippen LogP contribution in [-0.2, 0) is 0 Å². The lowest BCUT2D eigenvalue weighted by Crippen LogP contribution is -2.04. The van der Waals surface area contributed by atoms with Crippen LogP contribution in [0.1, 0.15) is 108 Å². The third-order valence-electron chi connectivity index (χ3n) is 4.73. The summed E-state index contributed by atoms with van der Waals surface area (Å²) in [5.41, 5.74) is 2.72. The summed E-state index contributed by atoms with van der Waals surface area (Å²) < 4.78 is 0. The summed E-state index contributed by atoms with van der Waals surface area (Å²) in [4.78, 5) is 4.65. The highest BCUT2D eigenvalue weighted by Gasteiger charge is 2.13. The molecule has 1 atom stereocenters. The summed E-state index contributed by atoms with van der Waals surface area (Å²) in [5, 5.41) is 0. The Balaban J connectivity index is 2.19. The van der Waals surface area contributed by atoms with E-state index in [9.17, 15) is 0 Å². The maximum Gasteiger partial charge on any atom is 0.0463 e. The predicted molar refractivity (Wildman–Crippen MR) is 98.5 cm³/mol. The largest absolute Gasteiger partial charge is 0.261 e. The van der Waals surface area contributed by atoms with Gasteiger partial charge in [0.2, 0.25) is 0 Å². The van der Waals surface area contributed by atoms with E-state index in [0.717, 1.165) is 0 Å². The molecule has 0 N–H and O–H groups in total. The van der Waals surface area contributed by atoms with Crippen molar-refractivity contribution in [1.29, 1.82) is 0 Å². The molecule has 0 aliphatic carbocycles. The minimum atomic E-state index is 0.677. The molecular formula is C21H37N. The highest BCUT2D eigenvalue weighted by Crippen LogP contribution is 2.28. The van der Waals surface area contributed by atoms with Gasteiger partial charge in [-0.2, -0.15) is 0 Å². The number of hydrogen-bond acceptors (Lipinski definition) is 1. The number of rotatable bonds is 13. The Morgan fingerprint density at radius 2 is 1.45 bits per heavy atom. The van der Waals surface area contributed by atoms with Crippen molar-refractivity contribution in [3.05, 3.63) is 29.6 Å². The van der Waals surface area contributed by atoms with Crippen molar-refractivity contribution in [3.8, 4) is 0 Å². The molecule has 1 heteroatoms.